The van der Waals surface area contributed by atoms with Crippen LogP contribution in [-0.4, -0.2) is 96.7 Å². The lowest BCUT2D eigenvalue weighted by atomic mass is 9.99. The molecule has 0 heterocycles. The summed E-state index contributed by atoms with van der Waals surface area (Å²) in [7, 11) is -9.88. The molecule has 19 heteroatoms. The van der Waals surface area contributed by atoms with E-state index in [0.29, 0.717) is 25.7 Å². The maximum absolute atomic E-state index is 13.0. The number of ether oxygens (including phenoxy) is 4. The number of phosphoric acid groups is 2. The number of hydrogen-bond donors (Lipinski definition) is 3. The Morgan fingerprint density at radius 2 is 0.565 bits per heavy atom. The van der Waals surface area contributed by atoms with Crippen molar-refractivity contribution in [1.29, 1.82) is 0 Å². The summed E-state index contributed by atoms with van der Waals surface area (Å²) in [6.07, 6.45) is 44.4. The number of aliphatic hydroxyl groups is 1. The van der Waals surface area contributed by atoms with Crippen LogP contribution in [0.15, 0.2) is 0 Å². The largest absolute Gasteiger partial charge is 0.472 e. The van der Waals surface area contributed by atoms with Gasteiger partial charge in [0.05, 0.1) is 26.4 Å². The molecule has 17 nitrogen and oxygen atoms in total. The third kappa shape index (κ3) is 59.5. The minimum Gasteiger partial charge on any atom is -0.462 e. The van der Waals surface area contributed by atoms with E-state index in [4.69, 9.17) is 37.0 Å². The van der Waals surface area contributed by atoms with Gasteiger partial charge in [0.2, 0.25) is 0 Å². The van der Waals surface area contributed by atoms with Crippen LogP contribution >= 0.6 is 15.6 Å². The molecule has 0 aromatic heterocycles. The van der Waals surface area contributed by atoms with E-state index < -0.39 is 97.5 Å². The van der Waals surface area contributed by atoms with Gasteiger partial charge < -0.3 is 33.8 Å². The van der Waals surface area contributed by atoms with Crippen molar-refractivity contribution in [2.75, 3.05) is 39.6 Å². The molecule has 0 rings (SSSR count). The smallest absolute Gasteiger partial charge is 0.462 e. The fourth-order valence-electron chi connectivity index (χ4n) is 9.90. The molecule has 0 saturated carbocycles. The Morgan fingerprint density at radius 3 is 0.835 bits per heavy atom. The van der Waals surface area contributed by atoms with Crippen molar-refractivity contribution in [3.63, 3.8) is 0 Å². The Kier molecular flexibility index (Phi) is 58.3. The monoisotopic (exact) mass is 1250 g/mol. The first-order valence-electron chi connectivity index (χ1n) is 34.7. The van der Waals surface area contributed by atoms with Gasteiger partial charge in [0, 0.05) is 25.7 Å². The second-order valence-corrected chi connectivity index (χ2v) is 27.0. The average Bonchev–Trinajstić information content (AvgIpc) is 3.52. The second kappa shape index (κ2) is 59.7. The summed E-state index contributed by atoms with van der Waals surface area (Å²) in [4.78, 5) is 72.2. The van der Waals surface area contributed by atoms with E-state index in [1.807, 2.05) is 0 Å². The first-order chi connectivity index (χ1) is 41.1. The highest BCUT2D eigenvalue weighted by molar-refractivity contribution is 7.47. The van der Waals surface area contributed by atoms with Crippen LogP contribution in [0.5, 0.6) is 0 Å². The summed E-state index contributed by atoms with van der Waals surface area (Å²) in [5, 5.41) is 10.5. The van der Waals surface area contributed by atoms with E-state index in [0.717, 1.165) is 102 Å². The first kappa shape index (κ1) is 83.1. The molecule has 3 N–H and O–H groups in total. The number of carbonyl (C=O) groups is 4. The van der Waals surface area contributed by atoms with Gasteiger partial charge >= 0.3 is 39.5 Å². The van der Waals surface area contributed by atoms with E-state index >= 15 is 0 Å². The molecule has 0 saturated heterocycles. The van der Waals surface area contributed by atoms with E-state index in [2.05, 4.69) is 34.6 Å². The molecule has 0 bridgehead atoms. The number of phosphoric ester groups is 2. The standard InChI is InChI=1S/C66H128O17P2/c1-6-10-13-16-19-22-31-35-40-45-50-64(69)77-56-62(83-66(71)52-47-42-37-32-28-26-24-23-25-27-30-33-38-43-48-59(5)9-4)58-81-85(74,75)79-54-60(67)53-78-84(72,73)80-57-61(55-76-63(68)49-44-39-34-21-18-15-12-8-3)82-65(70)51-46-41-36-29-20-17-14-11-7-2/h59-62,67H,6-58H2,1-5H3,(H,72,73)(H,74,75)/t59?,60-,61+,62+/m0/s1. The first-order valence-corrected chi connectivity index (χ1v) is 37.7. The molecule has 0 fully saturated rings. The summed E-state index contributed by atoms with van der Waals surface area (Å²) in [6.45, 7) is 7.22. The van der Waals surface area contributed by atoms with Gasteiger partial charge in [-0.1, -0.05) is 285 Å². The van der Waals surface area contributed by atoms with Crippen LogP contribution in [0.3, 0.4) is 0 Å². The van der Waals surface area contributed by atoms with Crippen molar-refractivity contribution in [2.24, 2.45) is 5.92 Å². The lowest BCUT2D eigenvalue weighted by Crippen LogP contribution is -2.30. The fourth-order valence-corrected chi connectivity index (χ4v) is 11.5. The minimum atomic E-state index is -4.94. The zero-order valence-electron chi connectivity index (χ0n) is 54.7. The Bertz CT molecular complexity index is 1650. The maximum Gasteiger partial charge on any atom is 0.472 e. The van der Waals surface area contributed by atoms with Gasteiger partial charge in [0.25, 0.3) is 0 Å². The zero-order chi connectivity index (χ0) is 62.8. The van der Waals surface area contributed by atoms with Crippen LogP contribution < -0.4 is 0 Å². The number of carbonyl (C=O) groups excluding carboxylic acids is 4. The average molecular weight is 1260 g/mol. The van der Waals surface area contributed by atoms with E-state index in [-0.39, 0.29) is 25.7 Å². The van der Waals surface area contributed by atoms with Crippen LogP contribution in [0.2, 0.25) is 0 Å². The van der Waals surface area contributed by atoms with Gasteiger partial charge in [0.15, 0.2) is 12.2 Å². The Labute approximate surface area is 517 Å². The number of hydrogen-bond acceptors (Lipinski definition) is 15. The summed E-state index contributed by atoms with van der Waals surface area (Å²) in [5.74, 6) is -1.29. The van der Waals surface area contributed by atoms with Crippen molar-refractivity contribution in [2.45, 2.75) is 355 Å². The lowest BCUT2D eigenvalue weighted by molar-refractivity contribution is -0.161. The number of aliphatic hydroxyl groups excluding tert-OH is 1. The van der Waals surface area contributed by atoms with Gasteiger partial charge in [0.1, 0.15) is 19.3 Å². The van der Waals surface area contributed by atoms with Gasteiger partial charge in [-0.3, -0.25) is 37.3 Å². The van der Waals surface area contributed by atoms with E-state index in [1.165, 1.54) is 154 Å². The highest BCUT2D eigenvalue weighted by atomic mass is 31.2. The van der Waals surface area contributed by atoms with Gasteiger partial charge in [-0.05, 0) is 31.6 Å². The maximum atomic E-state index is 13.0. The SMILES string of the molecule is CCCCCCCCCCCCC(=O)OC[C@H](COP(=O)(O)OC[C@@H](O)COP(=O)(O)OC[C@@H](COC(=O)CCCCCCCCCC)OC(=O)CCCCCCCCCCC)OC(=O)CCCCCCCCCCCCCCCCC(C)CC. The predicted molar refractivity (Wildman–Crippen MR) is 340 cm³/mol. The Morgan fingerprint density at radius 1 is 0.329 bits per heavy atom. The predicted octanol–water partition coefficient (Wildman–Crippen LogP) is 18.6. The van der Waals surface area contributed by atoms with Crippen molar-refractivity contribution in [3.05, 3.63) is 0 Å². The highest BCUT2D eigenvalue weighted by Gasteiger charge is 2.30. The molecule has 0 aromatic rings. The quantitative estimate of drug-likeness (QED) is 0.0222. The molecule has 0 aliphatic carbocycles. The summed E-state index contributed by atoms with van der Waals surface area (Å²) >= 11 is 0. The fraction of sp³-hybridized carbons (Fsp3) is 0.939. The van der Waals surface area contributed by atoms with Crippen molar-refractivity contribution < 1.29 is 80.2 Å². The molecule has 3 unspecified atom stereocenters. The van der Waals surface area contributed by atoms with Gasteiger partial charge in [-0.15, -0.1) is 0 Å². The molecule has 0 radical (unpaired) electrons. The van der Waals surface area contributed by atoms with Crippen LogP contribution in [0.25, 0.3) is 0 Å². The van der Waals surface area contributed by atoms with Crippen LogP contribution in [0.1, 0.15) is 336 Å². The lowest BCUT2D eigenvalue weighted by Gasteiger charge is -2.21. The Balaban J connectivity index is 5.17. The molecule has 0 aliphatic rings. The molecule has 0 aliphatic heterocycles. The second-order valence-electron chi connectivity index (χ2n) is 24.1. The summed E-state index contributed by atoms with van der Waals surface area (Å²) in [5.41, 5.74) is 0. The van der Waals surface area contributed by atoms with Gasteiger partial charge in [-0.25, -0.2) is 9.13 Å². The number of rotatable bonds is 66. The highest BCUT2D eigenvalue weighted by Crippen LogP contribution is 2.45. The van der Waals surface area contributed by atoms with Crippen LogP contribution in [-0.2, 0) is 65.4 Å². The Hall–Kier alpha value is -1.94. The molecule has 0 amide bonds. The normalized spacial score (nSPS) is 14.5. The third-order valence-corrected chi connectivity index (χ3v) is 17.5. The van der Waals surface area contributed by atoms with Crippen LogP contribution in [0, 0.1) is 5.92 Å². The zero-order valence-corrected chi connectivity index (χ0v) is 56.5. The van der Waals surface area contributed by atoms with Crippen molar-refractivity contribution in [1.82, 2.24) is 0 Å². The third-order valence-electron chi connectivity index (χ3n) is 15.6. The molecule has 0 spiro atoms. The van der Waals surface area contributed by atoms with E-state index in [1.54, 1.807) is 0 Å². The molecule has 85 heavy (non-hydrogen) atoms. The topological polar surface area (TPSA) is 237 Å². The molecule has 0 aromatic carbocycles. The molecule has 6 atom stereocenters. The van der Waals surface area contributed by atoms with Crippen molar-refractivity contribution in [3.8, 4) is 0 Å². The molecular weight excluding hydrogens is 1130 g/mol. The van der Waals surface area contributed by atoms with Crippen molar-refractivity contribution >= 4 is 39.5 Å². The number of unbranched alkanes of at least 4 members (excludes halogenated alkanes) is 37. The number of esters is 4. The van der Waals surface area contributed by atoms with Crippen LogP contribution in [0.4, 0.5) is 0 Å². The minimum absolute atomic E-state index is 0.106. The summed E-state index contributed by atoms with van der Waals surface area (Å²) in [6, 6.07) is 0. The molecular formula is C66H128O17P2. The van der Waals surface area contributed by atoms with E-state index in [9.17, 15) is 43.2 Å². The summed E-state index contributed by atoms with van der Waals surface area (Å²) < 4.78 is 68.0. The van der Waals surface area contributed by atoms with Gasteiger partial charge in [-0.2, -0.15) is 0 Å². The molecule has 504 valence electrons.